The summed E-state index contributed by atoms with van der Waals surface area (Å²) in [6.45, 7) is 4.21. The van der Waals surface area contributed by atoms with Gasteiger partial charge in [-0.25, -0.2) is 0 Å². The number of fused-ring (bicyclic) bond motifs is 6. The van der Waals surface area contributed by atoms with E-state index in [-0.39, 0.29) is 23.1 Å². The summed E-state index contributed by atoms with van der Waals surface area (Å²) in [7, 11) is 0. The lowest BCUT2D eigenvalue weighted by atomic mass is 9.82. The van der Waals surface area contributed by atoms with E-state index in [1.54, 1.807) is 24.3 Å². The molecule has 0 N–H and O–H groups in total. The Balaban J connectivity index is 1.21. The van der Waals surface area contributed by atoms with Gasteiger partial charge in [-0.3, -0.25) is 19.2 Å². The van der Waals surface area contributed by atoms with Gasteiger partial charge in [0.25, 0.3) is 0 Å². The molecule has 0 aromatic heterocycles. The van der Waals surface area contributed by atoms with Crippen molar-refractivity contribution < 1.29 is 19.2 Å². The van der Waals surface area contributed by atoms with Gasteiger partial charge in [-0.05, 0) is 54.9 Å². The molecule has 8 rings (SSSR count). The first kappa shape index (κ1) is 23.4. The zero-order valence-electron chi connectivity index (χ0n) is 22.5. The summed E-state index contributed by atoms with van der Waals surface area (Å²) in [6, 6.07) is 14.3. The molecule has 0 aliphatic heterocycles. The Bertz CT molecular complexity index is 1910. The third-order valence-corrected chi connectivity index (χ3v) is 9.64. The molecule has 0 unspecified atom stereocenters. The van der Waals surface area contributed by atoms with Crippen molar-refractivity contribution in [2.45, 2.75) is 52.4 Å². The first-order chi connectivity index (χ1) is 19.4. The van der Waals surface area contributed by atoms with Gasteiger partial charge < -0.3 is 0 Å². The molecular weight excluding hydrogens is 496 g/mol. The molecule has 0 spiro atoms. The first-order valence-corrected chi connectivity index (χ1v) is 14.1. The predicted molar refractivity (Wildman–Crippen MR) is 151 cm³/mol. The summed E-state index contributed by atoms with van der Waals surface area (Å²) in [5.41, 5.74) is 13.6. The van der Waals surface area contributed by atoms with Crippen molar-refractivity contribution in [1.29, 1.82) is 0 Å². The minimum absolute atomic E-state index is 0.0265. The monoisotopic (exact) mass is 522 g/mol. The zero-order valence-corrected chi connectivity index (χ0v) is 22.5. The highest BCUT2D eigenvalue weighted by Crippen LogP contribution is 2.55. The number of benzene rings is 2. The fourth-order valence-electron chi connectivity index (χ4n) is 7.90. The Morgan fingerprint density at radius 1 is 0.500 bits per heavy atom. The van der Waals surface area contributed by atoms with Gasteiger partial charge in [0.15, 0.2) is 23.1 Å². The number of rotatable bonds is 3. The highest BCUT2D eigenvalue weighted by Gasteiger charge is 2.45. The molecular formula is C36H26O4. The molecule has 2 aromatic rings. The second kappa shape index (κ2) is 8.04. The third kappa shape index (κ3) is 2.86. The Labute approximate surface area is 232 Å². The molecule has 2 aromatic carbocycles. The molecule has 4 heteroatoms. The molecule has 0 saturated carbocycles. The average molecular weight is 523 g/mol. The summed E-state index contributed by atoms with van der Waals surface area (Å²) in [4.78, 5) is 54.3. The van der Waals surface area contributed by atoms with Crippen LogP contribution < -0.4 is 0 Å². The number of carbonyl (C=O) groups is 4. The molecule has 4 nitrogen and oxygen atoms in total. The van der Waals surface area contributed by atoms with E-state index in [2.05, 4.69) is 13.8 Å². The van der Waals surface area contributed by atoms with Crippen LogP contribution in [-0.4, -0.2) is 23.1 Å². The Kier molecular flexibility index (Phi) is 4.72. The second-order valence-electron chi connectivity index (χ2n) is 11.7. The Morgan fingerprint density at radius 3 is 1.50 bits per heavy atom. The van der Waals surface area contributed by atoms with Gasteiger partial charge in [0.05, 0.1) is 0 Å². The summed E-state index contributed by atoms with van der Waals surface area (Å²) >= 11 is 0. The van der Waals surface area contributed by atoms with Crippen LogP contribution in [0.25, 0.3) is 0 Å². The molecule has 0 atom stereocenters. The minimum Gasteiger partial charge on any atom is -0.289 e. The SMILES string of the molecule is CCC1=C2CC3=C(C(=O)c4ccccc4C3=O)C2=C(CC2=C3CC4=C(C(=O)c5ccccc5C4=O)C3=C(C)C2)C1. The van der Waals surface area contributed by atoms with E-state index in [9.17, 15) is 19.2 Å². The maximum atomic E-state index is 13.8. The van der Waals surface area contributed by atoms with Crippen molar-refractivity contribution in [3.05, 3.63) is 138 Å². The summed E-state index contributed by atoms with van der Waals surface area (Å²) < 4.78 is 0. The Morgan fingerprint density at radius 2 is 0.975 bits per heavy atom. The summed E-state index contributed by atoms with van der Waals surface area (Å²) in [5, 5.41) is 0. The average Bonchev–Trinajstić information content (AvgIpc) is 3.71. The number of hydrogen-bond acceptors (Lipinski definition) is 4. The van der Waals surface area contributed by atoms with E-state index in [4.69, 9.17) is 0 Å². The maximum absolute atomic E-state index is 13.8. The van der Waals surface area contributed by atoms with E-state index in [0.29, 0.717) is 63.8 Å². The van der Waals surface area contributed by atoms with Crippen LogP contribution in [0.5, 0.6) is 0 Å². The van der Waals surface area contributed by atoms with E-state index in [0.717, 1.165) is 47.1 Å². The van der Waals surface area contributed by atoms with Crippen LogP contribution in [0.15, 0.2) is 115 Å². The van der Waals surface area contributed by atoms with Crippen LogP contribution in [0.3, 0.4) is 0 Å². The Hall–Kier alpha value is -4.44. The quantitative estimate of drug-likeness (QED) is 0.422. The first-order valence-electron chi connectivity index (χ1n) is 14.1. The molecule has 194 valence electrons. The lowest BCUT2D eigenvalue weighted by Crippen LogP contribution is -2.20. The number of allylic oxidation sites excluding steroid dienone is 12. The standard InChI is InChI=1S/C36H26O4/c1-3-18-13-20(30-25(18)15-28-32(30)36(40)24-11-7-5-9-22(24)34(28)38)14-19-12-17(2)29-26(19)16-27-31(29)35(39)23-10-6-4-8-21(23)33(27)37/h4-11H,3,12-16H2,1-2H3. The van der Waals surface area contributed by atoms with Crippen molar-refractivity contribution in [2.24, 2.45) is 0 Å². The number of Topliss-reactive ketones (excluding diaryl/α,β-unsaturated/α-hetero) is 4. The van der Waals surface area contributed by atoms with Crippen molar-refractivity contribution in [3.8, 4) is 0 Å². The number of ketones is 4. The van der Waals surface area contributed by atoms with Gasteiger partial charge in [0.1, 0.15) is 0 Å². The topological polar surface area (TPSA) is 68.3 Å². The molecule has 6 aliphatic rings. The lowest BCUT2D eigenvalue weighted by molar-refractivity contribution is 0.0977. The molecule has 0 bridgehead atoms. The van der Waals surface area contributed by atoms with Gasteiger partial charge in [-0.2, -0.15) is 0 Å². The van der Waals surface area contributed by atoms with E-state index < -0.39 is 0 Å². The summed E-state index contributed by atoms with van der Waals surface area (Å²) in [6.07, 6.45) is 4.15. The van der Waals surface area contributed by atoms with Crippen LogP contribution in [-0.2, 0) is 0 Å². The zero-order chi connectivity index (χ0) is 27.4. The number of carbonyl (C=O) groups excluding carboxylic acids is 4. The van der Waals surface area contributed by atoms with Gasteiger partial charge in [0, 0.05) is 57.4 Å². The van der Waals surface area contributed by atoms with Crippen molar-refractivity contribution in [1.82, 2.24) is 0 Å². The smallest absolute Gasteiger partial charge is 0.194 e. The molecule has 0 amide bonds. The van der Waals surface area contributed by atoms with Crippen LogP contribution >= 0.6 is 0 Å². The highest BCUT2D eigenvalue weighted by molar-refractivity contribution is 6.31. The molecule has 0 fully saturated rings. The molecule has 6 aliphatic carbocycles. The molecule has 0 radical (unpaired) electrons. The lowest BCUT2D eigenvalue weighted by Gasteiger charge is -2.18. The fourth-order valence-corrected chi connectivity index (χ4v) is 7.90. The number of hydrogen-bond donors (Lipinski definition) is 0. The largest absolute Gasteiger partial charge is 0.289 e. The van der Waals surface area contributed by atoms with Crippen LogP contribution in [0.4, 0.5) is 0 Å². The van der Waals surface area contributed by atoms with Crippen LogP contribution in [0.1, 0.15) is 93.8 Å². The molecule has 0 saturated heterocycles. The van der Waals surface area contributed by atoms with Crippen molar-refractivity contribution >= 4 is 23.1 Å². The van der Waals surface area contributed by atoms with Crippen LogP contribution in [0.2, 0.25) is 0 Å². The third-order valence-electron chi connectivity index (χ3n) is 9.64. The van der Waals surface area contributed by atoms with Gasteiger partial charge >= 0.3 is 0 Å². The minimum atomic E-state index is -0.0495. The fraction of sp³-hybridized carbons (Fsp3) is 0.222. The van der Waals surface area contributed by atoms with E-state index in [1.165, 1.54) is 16.7 Å². The molecule has 0 heterocycles. The molecule has 40 heavy (non-hydrogen) atoms. The van der Waals surface area contributed by atoms with Gasteiger partial charge in [-0.1, -0.05) is 77.7 Å². The van der Waals surface area contributed by atoms with Crippen LogP contribution in [0, 0.1) is 0 Å². The van der Waals surface area contributed by atoms with Gasteiger partial charge in [-0.15, -0.1) is 0 Å². The van der Waals surface area contributed by atoms with E-state index in [1.807, 2.05) is 24.3 Å². The normalized spacial score (nSPS) is 21.1. The highest BCUT2D eigenvalue weighted by atomic mass is 16.1. The van der Waals surface area contributed by atoms with Crippen molar-refractivity contribution in [3.63, 3.8) is 0 Å². The maximum Gasteiger partial charge on any atom is 0.194 e. The van der Waals surface area contributed by atoms with Crippen molar-refractivity contribution in [2.75, 3.05) is 0 Å². The van der Waals surface area contributed by atoms with E-state index >= 15 is 0 Å². The van der Waals surface area contributed by atoms with Gasteiger partial charge in [0.2, 0.25) is 0 Å². The second-order valence-corrected chi connectivity index (χ2v) is 11.7. The summed E-state index contributed by atoms with van der Waals surface area (Å²) in [5.74, 6) is -0.161. The predicted octanol–water partition coefficient (Wildman–Crippen LogP) is 7.36.